The zero-order valence-electron chi connectivity index (χ0n) is 11.1. The molecule has 2 aromatic rings. The number of thioether (sulfide) groups is 1. The number of ketones is 1. The van der Waals surface area contributed by atoms with Gasteiger partial charge in [-0.25, -0.2) is 0 Å². The first-order chi connectivity index (χ1) is 9.79. The van der Waals surface area contributed by atoms with Gasteiger partial charge in [0.25, 0.3) is 0 Å². The van der Waals surface area contributed by atoms with Gasteiger partial charge < -0.3 is 4.74 Å². The van der Waals surface area contributed by atoms with E-state index >= 15 is 0 Å². The monoisotopic (exact) mass is 282 g/mol. The Balaban J connectivity index is 1.97. The van der Waals surface area contributed by atoms with Gasteiger partial charge in [0.2, 0.25) is 5.78 Å². The number of hydrogen-bond acceptors (Lipinski definition) is 3. The molecule has 3 heteroatoms. The number of ether oxygens (including phenoxy) is 1. The van der Waals surface area contributed by atoms with Crippen LogP contribution in [-0.2, 0) is 0 Å². The maximum Gasteiger partial charge on any atom is 0.200 e. The molecule has 0 aliphatic carbocycles. The number of hydrogen-bond donors (Lipinski definition) is 0. The number of para-hydroxylation sites is 1. The SMILES string of the molecule is CCOc1ccccc1C=C1Sc2ccccc2C1=O. The second-order valence-electron chi connectivity index (χ2n) is 4.41. The van der Waals surface area contributed by atoms with Gasteiger partial charge in [-0.05, 0) is 31.2 Å². The Labute approximate surface area is 122 Å². The summed E-state index contributed by atoms with van der Waals surface area (Å²) in [6.45, 7) is 2.57. The molecule has 1 aliphatic heterocycles. The first kappa shape index (κ1) is 13.0. The Morgan fingerprint density at radius 3 is 2.65 bits per heavy atom. The van der Waals surface area contributed by atoms with Gasteiger partial charge >= 0.3 is 0 Å². The molecule has 0 amide bonds. The van der Waals surface area contributed by atoms with Crippen molar-refractivity contribution in [2.75, 3.05) is 6.61 Å². The average Bonchev–Trinajstić information content (AvgIpc) is 2.79. The summed E-state index contributed by atoms with van der Waals surface area (Å²) in [5.74, 6) is 0.906. The second-order valence-corrected chi connectivity index (χ2v) is 5.49. The zero-order chi connectivity index (χ0) is 13.9. The molecule has 0 N–H and O–H groups in total. The molecule has 0 aromatic heterocycles. The number of fused-ring (bicyclic) bond motifs is 1. The Morgan fingerprint density at radius 1 is 1.10 bits per heavy atom. The number of Topliss-reactive ketones (excluding diaryl/α,β-unsaturated/α-hetero) is 1. The van der Waals surface area contributed by atoms with Crippen molar-refractivity contribution in [3.63, 3.8) is 0 Å². The van der Waals surface area contributed by atoms with Gasteiger partial charge in [-0.3, -0.25) is 4.79 Å². The van der Waals surface area contributed by atoms with E-state index in [1.807, 2.05) is 61.5 Å². The standard InChI is InChI=1S/C17H14O2S/c1-2-19-14-9-5-3-7-12(14)11-16-17(18)13-8-4-6-10-15(13)20-16/h3-11H,2H2,1H3. The summed E-state index contributed by atoms with van der Waals surface area (Å²) in [6.07, 6.45) is 1.91. The molecule has 0 radical (unpaired) electrons. The molecule has 3 rings (SSSR count). The van der Waals surface area contributed by atoms with E-state index in [0.29, 0.717) is 6.61 Å². The third-order valence-corrected chi connectivity index (χ3v) is 4.18. The molecule has 1 aliphatic rings. The highest BCUT2D eigenvalue weighted by Gasteiger charge is 2.25. The molecule has 0 unspecified atom stereocenters. The van der Waals surface area contributed by atoms with E-state index in [0.717, 1.165) is 26.7 Å². The first-order valence-electron chi connectivity index (χ1n) is 6.54. The number of allylic oxidation sites excluding steroid dienone is 1. The lowest BCUT2D eigenvalue weighted by atomic mass is 10.1. The molecule has 0 atom stereocenters. The predicted octanol–water partition coefficient (Wildman–Crippen LogP) is 4.41. The van der Waals surface area contributed by atoms with Crippen LogP contribution in [0.4, 0.5) is 0 Å². The lowest BCUT2D eigenvalue weighted by Crippen LogP contribution is -1.96. The largest absolute Gasteiger partial charge is 0.493 e. The topological polar surface area (TPSA) is 26.3 Å². The molecule has 20 heavy (non-hydrogen) atoms. The van der Waals surface area contributed by atoms with Crippen LogP contribution in [0.1, 0.15) is 22.8 Å². The van der Waals surface area contributed by atoms with Gasteiger partial charge in [-0.1, -0.05) is 42.1 Å². The summed E-state index contributed by atoms with van der Waals surface area (Å²) >= 11 is 1.52. The van der Waals surface area contributed by atoms with E-state index < -0.39 is 0 Å². The fourth-order valence-electron chi connectivity index (χ4n) is 2.16. The molecule has 0 fully saturated rings. The van der Waals surface area contributed by atoms with Crippen molar-refractivity contribution in [3.05, 3.63) is 64.6 Å². The van der Waals surface area contributed by atoms with E-state index in [4.69, 9.17) is 4.74 Å². The summed E-state index contributed by atoms with van der Waals surface area (Å²) in [4.78, 5) is 14.1. The van der Waals surface area contributed by atoms with Gasteiger partial charge in [0.15, 0.2) is 0 Å². The Bertz CT molecular complexity index is 689. The first-order valence-corrected chi connectivity index (χ1v) is 7.36. The zero-order valence-corrected chi connectivity index (χ0v) is 11.9. The molecular formula is C17H14O2S. The van der Waals surface area contributed by atoms with Crippen LogP contribution in [0.25, 0.3) is 6.08 Å². The van der Waals surface area contributed by atoms with Crippen molar-refractivity contribution in [1.82, 2.24) is 0 Å². The van der Waals surface area contributed by atoms with Gasteiger partial charge in [-0.2, -0.15) is 0 Å². The van der Waals surface area contributed by atoms with Gasteiger partial charge in [0.1, 0.15) is 5.75 Å². The minimum Gasteiger partial charge on any atom is -0.493 e. The van der Waals surface area contributed by atoms with Crippen molar-refractivity contribution in [3.8, 4) is 5.75 Å². The van der Waals surface area contributed by atoms with Crippen molar-refractivity contribution in [1.29, 1.82) is 0 Å². The minimum absolute atomic E-state index is 0.0944. The summed E-state index contributed by atoms with van der Waals surface area (Å²) in [5, 5.41) is 0. The van der Waals surface area contributed by atoms with Crippen molar-refractivity contribution in [2.24, 2.45) is 0 Å². The van der Waals surface area contributed by atoms with Crippen LogP contribution in [0.2, 0.25) is 0 Å². The predicted molar refractivity (Wildman–Crippen MR) is 82.2 cm³/mol. The van der Waals surface area contributed by atoms with E-state index in [9.17, 15) is 4.79 Å². The summed E-state index contributed by atoms with van der Waals surface area (Å²) in [5.41, 5.74) is 1.73. The van der Waals surface area contributed by atoms with Crippen LogP contribution in [0.5, 0.6) is 5.75 Å². The Kier molecular flexibility index (Phi) is 3.61. The lowest BCUT2D eigenvalue weighted by molar-refractivity contribution is 0.104. The van der Waals surface area contributed by atoms with E-state index in [1.54, 1.807) is 0 Å². The summed E-state index contributed by atoms with van der Waals surface area (Å²) < 4.78 is 5.59. The van der Waals surface area contributed by atoms with Crippen LogP contribution < -0.4 is 4.74 Å². The lowest BCUT2D eigenvalue weighted by Gasteiger charge is -2.06. The van der Waals surface area contributed by atoms with Crippen LogP contribution >= 0.6 is 11.8 Å². The quantitative estimate of drug-likeness (QED) is 0.780. The van der Waals surface area contributed by atoms with Crippen molar-refractivity contribution < 1.29 is 9.53 Å². The summed E-state index contributed by atoms with van der Waals surface area (Å²) in [7, 11) is 0. The summed E-state index contributed by atoms with van der Waals surface area (Å²) in [6, 6.07) is 15.5. The van der Waals surface area contributed by atoms with Crippen LogP contribution in [-0.4, -0.2) is 12.4 Å². The van der Waals surface area contributed by atoms with Gasteiger partial charge in [0, 0.05) is 16.0 Å². The molecule has 1 heterocycles. The fourth-order valence-corrected chi connectivity index (χ4v) is 3.21. The van der Waals surface area contributed by atoms with Crippen LogP contribution in [0.3, 0.4) is 0 Å². The highest BCUT2D eigenvalue weighted by atomic mass is 32.2. The second kappa shape index (κ2) is 5.55. The number of carbonyl (C=O) groups is 1. The van der Waals surface area contributed by atoms with Crippen molar-refractivity contribution in [2.45, 2.75) is 11.8 Å². The third kappa shape index (κ3) is 2.37. The molecular weight excluding hydrogens is 268 g/mol. The Morgan fingerprint density at radius 2 is 1.85 bits per heavy atom. The van der Waals surface area contributed by atoms with Gasteiger partial charge in [-0.15, -0.1) is 0 Å². The average molecular weight is 282 g/mol. The highest BCUT2D eigenvalue weighted by Crippen LogP contribution is 2.41. The van der Waals surface area contributed by atoms with Crippen LogP contribution in [0, 0.1) is 0 Å². The van der Waals surface area contributed by atoms with Crippen LogP contribution in [0.15, 0.2) is 58.3 Å². The van der Waals surface area contributed by atoms with Gasteiger partial charge in [0.05, 0.1) is 11.5 Å². The normalized spacial score (nSPS) is 15.4. The third-order valence-electron chi connectivity index (χ3n) is 3.08. The molecule has 0 saturated carbocycles. The van der Waals surface area contributed by atoms with Crippen molar-refractivity contribution >= 4 is 23.6 Å². The number of rotatable bonds is 3. The number of benzene rings is 2. The fraction of sp³-hybridized carbons (Fsp3) is 0.118. The highest BCUT2D eigenvalue weighted by molar-refractivity contribution is 8.04. The molecule has 0 spiro atoms. The van der Waals surface area contributed by atoms with E-state index in [-0.39, 0.29) is 5.78 Å². The molecule has 2 nitrogen and oxygen atoms in total. The maximum atomic E-state index is 12.3. The molecule has 0 saturated heterocycles. The number of carbonyl (C=O) groups excluding carboxylic acids is 1. The van der Waals surface area contributed by atoms with E-state index in [2.05, 4.69) is 0 Å². The molecule has 100 valence electrons. The van der Waals surface area contributed by atoms with E-state index in [1.165, 1.54) is 11.8 Å². The Hall–Kier alpha value is -2.00. The molecule has 2 aromatic carbocycles. The smallest absolute Gasteiger partial charge is 0.200 e. The maximum absolute atomic E-state index is 12.3. The minimum atomic E-state index is 0.0944. The molecule has 0 bridgehead atoms.